The van der Waals surface area contributed by atoms with Crippen molar-refractivity contribution in [1.82, 2.24) is 33.7 Å². The van der Waals surface area contributed by atoms with E-state index in [1.54, 1.807) is 15.4 Å². The molecule has 1 saturated carbocycles. The Morgan fingerprint density at radius 1 is 1.06 bits per heavy atom. The molecule has 0 unspecified atom stereocenters. The van der Waals surface area contributed by atoms with E-state index in [9.17, 15) is 17.6 Å². The summed E-state index contributed by atoms with van der Waals surface area (Å²) in [6.45, 7) is 13.9. The van der Waals surface area contributed by atoms with Crippen LogP contribution in [0.15, 0.2) is 30.7 Å². The van der Waals surface area contributed by atoms with Crippen molar-refractivity contribution in [1.29, 1.82) is 0 Å². The largest absolute Gasteiger partial charge is 0.451 e. The summed E-state index contributed by atoms with van der Waals surface area (Å²) in [4.78, 5) is 30.8. The van der Waals surface area contributed by atoms with Gasteiger partial charge in [-0.15, -0.1) is 0 Å². The number of carbonyl (C=O) groups is 1. The summed E-state index contributed by atoms with van der Waals surface area (Å²) in [6, 6.07) is 4.03. The topological polar surface area (TPSA) is 114 Å². The highest BCUT2D eigenvalue weighted by Crippen LogP contribution is 2.45. The third-order valence-corrected chi connectivity index (χ3v) is 12.7. The lowest BCUT2D eigenvalue weighted by Gasteiger charge is -2.54. The molecule has 6 rings (SSSR count). The SMILES string of the molecule is CCN(C(=O)c1cc(F)ccc1Oc1cncnc1N1CC2(CCN(CC3CCC(NS(=O)(=O)N4CCN(C)CC4)CC3)CC2)C1)C(C)C. The van der Waals surface area contributed by atoms with Gasteiger partial charge in [-0.25, -0.2) is 14.4 Å². The molecule has 1 aromatic carbocycles. The van der Waals surface area contributed by atoms with Crippen molar-refractivity contribution in [2.24, 2.45) is 11.3 Å². The quantitative estimate of drug-likeness (QED) is 0.374. The molecule has 3 saturated heterocycles. The van der Waals surface area contributed by atoms with E-state index in [-0.39, 0.29) is 34.7 Å². The van der Waals surface area contributed by atoms with Crippen LogP contribution in [0.4, 0.5) is 10.2 Å². The van der Waals surface area contributed by atoms with Crippen molar-refractivity contribution in [3.8, 4) is 11.5 Å². The van der Waals surface area contributed by atoms with E-state index < -0.39 is 16.0 Å². The van der Waals surface area contributed by atoms with Gasteiger partial charge in [-0.2, -0.15) is 17.4 Å². The van der Waals surface area contributed by atoms with Gasteiger partial charge in [0.15, 0.2) is 11.6 Å². The average molecular weight is 701 g/mol. The summed E-state index contributed by atoms with van der Waals surface area (Å²) < 4.78 is 51.0. The number of ether oxygens (including phenoxy) is 1. The summed E-state index contributed by atoms with van der Waals surface area (Å²) in [6.07, 6.45) is 9.25. The number of piperazine rings is 1. The molecule has 3 aliphatic heterocycles. The number of hydrogen-bond donors (Lipinski definition) is 1. The fraction of sp³-hybridized carbons (Fsp3) is 0.686. The Bertz CT molecular complexity index is 1550. The molecule has 1 aromatic heterocycles. The first-order chi connectivity index (χ1) is 23.4. The van der Waals surface area contributed by atoms with Gasteiger partial charge in [-0.3, -0.25) is 4.79 Å². The normalized spacial score (nSPS) is 23.8. The van der Waals surface area contributed by atoms with Gasteiger partial charge in [-0.1, -0.05) is 0 Å². The molecule has 1 aliphatic carbocycles. The molecule has 12 nitrogen and oxygen atoms in total. The zero-order valence-electron chi connectivity index (χ0n) is 29.5. The summed E-state index contributed by atoms with van der Waals surface area (Å²) in [7, 11) is -1.39. The van der Waals surface area contributed by atoms with Crippen LogP contribution in [0.5, 0.6) is 11.5 Å². The van der Waals surface area contributed by atoms with Crippen molar-refractivity contribution in [3.05, 3.63) is 42.1 Å². The van der Waals surface area contributed by atoms with E-state index in [4.69, 9.17) is 4.74 Å². The van der Waals surface area contributed by atoms with E-state index in [0.29, 0.717) is 37.1 Å². The number of nitrogens with zero attached hydrogens (tertiary/aromatic N) is 7. The van der Waals surface area contributed by atoms with Crippen molar-refractivity contribution >= 4 is 21.9 Å². The number of aromatic nitrogens is 2. The molecule has 4 fully saturated rings. The lowest BCUT2D eigenvalue weighted by atomic mass is 9.71. The average Bonchev–Trinajstić information content (AvgIpc) is 3.06. The number of rotatable bonds is 11. The number of nitrogens with one attached hydrogen (secondary N) is 1. The molecule has 270 valence electrons. The Morgan fingerprint density at radius 2 is 1.76 bits per heavy atom. The molecule has 1 amide bonds. The first kappa shape index (κ1) is 35.9. The highest BCUT2D eigenvalue weighted by atomic mass is 32.2. The lowest BCUT2D eigenvalue weighted by molar-refractivity contribution is 0.0617. The summed E-state index contributed by atoms with van der Waals surface area (Å²) in [5.41, 5.74) is 0.409. The number of benzene rings is 1. The van der Waals surface area contributed by atoms with Crippen LogP contribution < -0.4 is 14.4 Å². The van der Waals surface area contributed by atoms with Gasteiger partial charge in [0, 0.05) is 69.9 Å². The second kappa shape index (κ2) is 15.1. The molecule has 1 N–H and O–H groups in total. The van der Waals surface area contributed by atoms with Gasteiger partial charge in [0.1, 0.15) is 17.9 Å². The van der Waals surface area contributed by atoms with Crippen LogP contribution in [0.25, 0.3) is 0 Å². The maximum atomic E-state index is 14.3. The Balaban J connectivity index is 0.984. The second-order valence-corrected chi connectivity index (χ2v) is 16.5. The van der Waals surface area contributed by atoms with Crippen LogP contribution in [0.1, 0.15) is 69.7 Å². The summed E-state index contributed by atoms with van der Waals surface area (Å²) in [5.74, 6) is 1.25. The lowest BCUT2D eigenvalue weighted by Crippen LogP contribution is -2.61. The molecule has 1 spiro atoms. The third kappa shape index (κ3) is 8.36. The van der Waals surface area contributed by atoms with Crippen LogP contribution in [0, 0.1) is 17.2 Å². The molecule has 0 bridgehead atoms. The fourth-order valence-corrected chi connectivity index (χ4v) is 9.43. The number of likely N-dealkylation sites (N-methyl/N-ethyl adjacent to an activating group) is 1. The molecule has 4 heterocycles. The van der Waals surface area contributed by atoms with Gasteiger partial charge >= 0.3 is 0 Å². The molecular weight excluding hydrogens is 648 g/mol. The van der Waals surface area contributed by atoms with E-state index in [1.807, 2.05) is 27.8 Å². The number of amides is 1. The Labute approximate surface area is 291 Å². The van der Waals surface area contributed by atoms with Crippen LogP contribution in [0.3, 0.4) is 0 Å². The molecule has 0 radical (unpaired) electrons. The monoisotopic (exact) mass is 700 g/mol. The summed E-state index contributed by atoms with van der Waals surface area (Å²) >= 11 is 0. The molecule has 4 aliphatic rings. The van der Waals surface area contributed by atoms with Crippen molar-refractivity contribution in [2.75, 3.05) is 77.4 Å². The standard InChI is InChI=1S/C35H53FN8O4S/c1-5-44(26(2)3)34(45)30-20-28(36)8-11-31(30)48-32-21-37-25-38-33(32)42-23-35(24-42)12-14-41(15-13-35)22-27-6-9-29(10-7-27)39-49(46,47)43-18-16-40(4)17-19-43/h8,11,20-21,25-27,29,39H,5-7,9-10,12-19,22-24H2,1-4H3. The first-order valence-corrected chi connectivity index (χ1v) is 19.4. The zero-order valence-corrected chi connectivity index (χ0v) is 30.3. The van der Waals surface area contributed by atoms with E-state index in [2.05, 4.69) is 29.4 Å². The summed E-state index contributed by atoms with van der Waals surface area (Å²) in [5, 5.41) is 0. The molecule has 0 atom stereocenters. The highest BCUT2D eigenvalue weighted by molar-refractivity contribution is 7.87. The number of hydrogen-bond acceptors (Lipinski definition) is 9. The van der Waals surface area contributed by atoms with Crippen LogP contribution in [-0.4, -0.2) is 128 Å². The van der Waals surface area contributed by atoms with E-state index >= 15 is 0 Å². The predicted octanol–water partition coefficient (Wildman–Crippen LogP) is 3.82. The Hall–Kier alpha value is -2.91. The minimum absolute atomic E-state index is 0.0309. The van der Waals surface area contributed by atoms with E-state index in [1.165, 1.54) is 24.5 Å². The van der Waals surface area contributed by atoms with Crippen molar-refractivity contribution in [3.63, 3.8) is 0 Å². The van der Waals surface area contributed by atoms with Crippen LogP contribution >= 0.6 is 0 Å². The molecule has 2 aromatic rings. The fourth-order valence-electron chi connectivity index (χ4n) is 7.98. The van der Waals surface area contributed by atoms with Crippen LogP contribution in [-0.2, 0) is 10.2 Å². The second-order valence-electron chi connectivity index (χ2n) is 14.8. The number of halogens is 1. The Morgan fingerprint density at radius 3 is 2.41 bits per heavy atom. The third-order valence-electron chi connectivity index (χ3n) is 11.0. The minimum atomic E-state index is -3.42. The molecule has 49 heavy (non-hydrogen) atoms. The van der Waals surface area contributed by atoms with Gasteiger partial charge in [-0.05, 0) is 104 Å². The minimum Gasteiger partial charge on any atom is -0.451 e. The first-order valence-electron chi connectivity index (χ1n) is 18.0. The molecule has 14 heteroatoms. The maximum absolute atomic E-state index is 14.3. The zero-order chi connectivity index (χ0) is 34.8. The van der Waals surface area contributed by atoms with Gasteiger partial charge < -0.3 is 24.3 Å². The van der Waals surface area contributed by atoms with Crippen molar-refractivity contribution in [2.45, 2.75) is 71.4 Å². The van der Waals surface area contributed by atoms with Crippen molar-refractivity contribution < 1.29 is 22.3 Å². The van der Waals surface area contributed by atoms with Gasteiger partial charge in [0.2, 0.25) is 0 Å². The van der Waals surface area contributed by atoms with Gasteiger partial charge in [0.05, 0.1) is 11.8 Å². The number of carbonyl (C=O) groups excluding carboxylic acids is 1. The molecular formula is C35H53FN8O4S. The smallest absolute Gasteiger partial charge is 0.279 e. The maximum Gasteiger partial charge on any atom is 0.279 e. The van der Waals surface area contributed by atoms with Gasteiger partial charge in [0.25, 0.3) is 16.1 Å². The van der Waals surface area contributed by atoms with E-state index in [0.717, 1.165) is 84.3 Å². The number of likely N-dealkylation sites (tertiary alicyclic amines) is 1. The Kier molecular flexibility index (Phi) is 11.1. The number of anilines is 1. The predicted molar refractivity (Wildman–Crippen MR) is 188 cm³/mol. The highest BCUT2D eigenvalue weighted by Gasteiger charge is 2.46. The number of piperidine rings is 1. The van der Waals surface area contributed by atoms with Crippen LogP contribution in [0.2, 0.25) is 0 Å².